The first-order valence-electron chi connectivity index (χ1n) is 9.67. The van der Waals surface area contributed by atoms with Crippen LogP contribution in [-0.4, -0.2) is 16.1 Å². The van der Waals surface area contributed by atoms with E-state index in [4.69, 9.17) is 9.37 Å². The van der Waals surface area contributed by atoms with E-state index in [9.17, 15) is 4.79 Å². The van der Waals surface area contributed by atoms with Crippen molar-refractivity contribution in [3.8, 4) is 5.75 Å². The zero-order valence-electron chi connectivity index (χ0n) is 15.7. The molecule has 29 heavy (non-hydrogen) atoms. The Morgan fingerprint density at radius 3 is 2.62 bits per heavy atom. The van der Waals surface area contributed by atoms with Gasteiger partial charge >= 0.3 is 0 Å². The number of hydrogen-bond donors (Lipinski definition) is 2. The van der Waals surface area contributed by atoms with Crippen molar-refractivity contribution in [2.45, 2.75) is 31.9 Å². The van der Waals surface area contributed by atoms with Crippen molar-refractivity contribution in [3.63, 3.8) is 0 Å². The van der Waals surface area contributed by atoms with E-state index in [1.54, 1.807) is 0 Å². The summed E-state index contributed by atoms with van der Waals surface area (Å²) in [5.74, 6) is 1.93. The van der Waals surface area contributed by atoms with E-state index in [2.05, 4.69) is 20.9 Å². The summed E-state index contributed by atoms with van der Waals surface area (Å²) < 4.78 is 10.7. The van der Waals surface area contributed by atoms with E-state index in [0.717, 1.165) is 41.0 Å². The fourth-order valence-electron chi connectivity index (χ4n) is 3.79. The van der Waals surface area contributed by atoms with Crippen molar-refractivity contribution >= 4 is 17.4 Å². The van der Waals surface area contributed by atoms with Gasteiger partial charge in [0.15, 0.2) is 5.78 Å². The Bertz CT molecular complexity index is 1060. The molecule has 146 valence electrons. The zero-order valence-corrected chi connectivity index (χ0v) is 15.7. The molecule has 5 rings (SSSR count). The summed E-state index contributed by atoms with van der Waals surface area (Å²) >= 11 is 0. The molecule has 7 nitrogen and oxygen atoms in total. The van der Waals surface area contributed by atoms with Gasteiger partial charge in [-0.3, -0.25) is 4.79 Å². The number of carbonyl (C=O) groups is 1. The maximum absolute atomic E-state index is 12.7. The van der Waals surface area contributed by atoms with Gasteiger partial charge in [-0.2, -0.15) is 0 Å². The lowest BCUT2D eigenvalue weighted by Gasteiger charge is -2.25. The largest absolute Gasteiger partial charge is 0.489 e. The van der Waals surface area contributed by atoms with Crippen LogP contribution >= 0.6 is 0 Å². The molecule has 0 saturated carbocycles. The van der Waals surface area contributed by atoms with Gasteiger partial charge in [0.25, 0.3) is 0 Å². The first kappa shape index (κ1) is 17.5. The first-order chi connectivity index (χ1) is 14.3. The van der Waals surface area contributed by atoms with Crippen molar-refractivity contribution in [3.05, 3.63) is 77.0 Å². The zero-order chi connectivity index (χ0) is 19.6. The second-order valence-corrected chi connectivity index (χ2v) is 7.18. The fraction of sp³-hybridized carbons (Fsp3) is 0.227. The minimum Gasteiger partial charge on any atom is -0.489 e. The van der Waals surface area contributed by atoms with Crippen LogP contribution in [0.4, 0.5) is 11.6 Å². The normalized spacial score (nSPS) is 18.2. The highest BCUT2D eigenvalue weighted by Gasteiger charge is 2.33. The minimum atomic E-state index is -0.318. The lowest BCUT2D eigenvalue weighted by Crippen LogP contribution is -2.23. The Morgan fingerprint density at radius 1 is 1.00 bits per heavy atom. The molecular weight excluding hydrogens is 368 g/mol. The van der Waals surface area contributed by atoms with Crippen LogP contribution in [0.1, 0.15) is 36.4 Å². The molecule has 0 amide bonds. The molecule has 3 aromatic rings. The van der Waals surface area contributed by atoms with E-state index < -0.39 is 0 Å². The molecule has 1 aliphatic heterocycles. The summed E-state index contributed by atoms with van der Waals surface area (Å²) in [6, 6.07) is 17.5. The molecule has 1 aliphatic carbocycles. The Balaban J connectivity index is 1.41. The minimum absolute atomic E-state index is 0.141. The lowest BCUT2D eigenvalue weighted by molar-refractivity contribution is -0.116. The summed E-state index contributed by atoms with van der Waals surface area (Å²) in [5, 5.41) is 14.4. The third-order valence-electron chi connectivity index (χ3n) is 5.25. The molecule has 2 heterocycles. The number of carbonyl (C=O) groups excluding carboxylic acids is 1. The van der Waals surface area contributed by atoms with E-state index in [0.29, 0.717) is 24.7 Å². The van der Waals surface area contributed by atoms with Gasteiger partial charge in [0.1, 0.15) is 12.4 Å². The van der Waals surface area contributed by atoms with Crippen LogP contribution in [0.15, 0.2) is 70.5 Å². The van der Waals surface area contributed by atoms with Crippen molar-refractivity contribution in [1.82, 2.24) is 10.3 Å². The van der Waals surface area contributed by atoms with Crippen LogP contribution in [0.25, 0.3) is 0 Å². The molecule has 7 heteroatoms. The smallest absolute Gasteiger partial charge is 0.219 e. The average Bonchev–Trinajstić information content (AvgIpc) is 3.12. The molecule has 0 bridgehead atoms. The Morgan fingerprint density at radius 2 is 1.79 bits per heavy atom. The summed E-state index contributed by atoms with van der Waals surface area (Å²) in [6.45, 7) is 0.507. The Hall–Kier alpha value is -3.61. The summed E-state index contributed by atoms with van der Waals surface area (Å²) in [6.07, 6.45) is 2.17. The van der Waals surface area contributed by atoms with Crippen LogP contribution in [0.2, 0.25) is 0 Å². The summed E-state index contributed by atoms with van der Waals surface area (Å²) in [4.78, 5) is 12.7. The number of ketones is 1. The monoisotopic (exact) mass is 388 g/mol. The second-order valence-electron chi connectivity index (χ2n) is 7.18. The van der Waals surface area contributed by atoms with E-state index in [1.165, 1.54) is 0 Å². The first-order valence-corrected chi connectivity index (χ1v) is 9.67. The third kappa shape index (κ3) is 3.47. The number of allylic oxidation sites excluding steroid dienone is 1. The van der Waals surface area contributed by atoms with Crippen molar-refractivity contribution in [2.75, 3.05) is 10.6 Å². The topological polar surface area (TPSA) is 89.3 Å². The molecule has 0 radical (unpaired) electrons. The number of anilines is 2. The number of aromatic nitrogens is 2. The van der Waals surface area contributed by atoms with Crippen LogP contribution in [0.3, 0.4) is 0 Å². The van der Waals surface area contributed by atoms with Crippen LogP contribution < -0.4 is 15.4 Å². The van der Waals surface area contributed by atoms with Gasteiger partial charge in [0, 0.05) is 17.7 Å². The van der Waals surface area contributed by atoms with E-state index in [1.807, 2.05) is 54.6 Å². The van der Waals surface area contributed by atoms with Crippen molar-refractivity contribution in [1.29, 1.82) is 0 Å². The number of nitrogens with one attached hydrogen (secondary N) is 2. The molecule has 2 N–H and O–H groups in total. The molecule has 0 unspecified atom stereocenters. The molecule has 0 saturated heterocycles. The quantitative estimate of drug-likeness (QED) is 0.691. The number of nitrogens with zero attached hydrogens (tertiary/aromatic N) is 2. The van der Waals surface area contributed by atoms with Crippen molar-refractivity contribution < 1.29 is 14.2 Å². The predicted molar refractivity (Wildman–Crippen MR) is 107 cm³/mol. The third-order valence-corrected chi connectivity index (χ3v) is 5.25. The Kier molecular flexibility index (Phi) is 4.48. The van der Waals surface area contributed by atoms with Crippen molar-refractivity contribution in [2.24, 2.45) is 0 Å². The average molecular weight is 388 g/mol. The highest BCUT2D eigenvalue weighted by atomic mass is 16.6. The maximum atomic E-state index is 12.7. The summed E-state index contributed by atoms with van der Waals surface area (Å²) in [7, 11) is 0. The van der Waals surface area contributed by atoms with Gasteiger partial charge in [0.2, 0.25) is 11.6 Å². The summed E-state index contributed by atoms with van der Waals surface area (Å²) in [5.41, 5.74) is 3.70. The van der Waals surface area contributed by atoms with Crippen LogP contribution in [-0.2, 0) is 11.4 Å². The van der Waals surface area contributed by atoms with Gasteiger partial charge in [-0.05, 0) is 46.4 Å². The standard InChI is InChI=1S/C22H20N4O3/c27-18-8-4-7-17-19(18)20(24-22-21(23-17)25-29-26-22)15-9-11-16(12-10-15)28-13-14-5-2-1-3-6-14/h1-3,5-6,9-12,20H,4,7-8,13H2,(H,23,25)(H,24,26)/t20-/m1/s1. The van der Waals surface area contributed by atoms with Gasteiger partial charge < -0.3 is 15.4 Å². The number of fused-ring (bicyclic) bond motifs is 1. The highest BCUT2D eigenvalue weighted by Crippen LogP contribution is 2.39. The number of Topliss-reactive ketones (excluding diaryl/α,β-unsaturated/α-hetero) is 1. The molecule has 0 spiro atoms. The fourth-order valence-corrected chi connectivity index (χ4v) is 3.79. The molecular formula is C22H20N4O3. The predicted octanol–water partition coefficient (Wildman–Crippen LogP) is 4.23. The molecule has 2 aromatic carbocycles. The molecule has 0 fully saturated rings. The number of rotatable bonds is 4. The van der Waals surface area contributed by atoms with Gasteiger partial charge in [-0.15, -0.1) is 0 Å². The molecule has 1 aromatic heterocycles. The van der Waals surface area contributed by atoms with Crippen LogP contribution in [0, 0.1) is 0 Å². The van der Waals surface area contributed by atoms with Gasteiger partial charge in [-0.1, -0.05) is 42.5 Å². The Labute approximate surface area is 167 Å². The maximum Gasteiger partial charge on any atom is 0.219 e. The van der Waals surface area contributed by atoms with E-state index in [-0.39, 0.29) is 11.8 Å². The number of ether oxygens (including phenoxy) is 1. The number of benzene rings is 2. The highest BCUT2D eigenvalue weighted by molar-refractivity contribution is 6.00. The number of hydrogen-bond acceptors (Lipinski definition) is 7. The lowest BCUT2D eigenvalue weighted by atomic mass is 9.87. The van der Waals surface area contributed by atoms with Gasteiger partial charge in [-0.25, -0.2) is 4.63 Å². The van der Waals surface area contributed by atoms with Gasteiger partial charge in [0.05, 0.1) is 6.04 Å². The molecule has 1 atom stereocenters. The molecule has 2 aliphatic rings. The van der Waals surface area contributed by atoms with E-state index >= 15 is 0 Å². The SMILES string of the molecule is O=C1CCCC2=C1[C@@H](c1ccc(OCc3ccccc3)cc1)Nc1nonc1N2. The van der Waals surface area contributed by atoms with Crippen LogP contribution in [0.5, 0.6) is 5.75 Å². The second kappa shape index (κ2) is 7.43.